The highest BCUT2D eigenvalue weighted by Crippen LogP contribution is 2.44. The Morgan fingerprint density at radius 2 is 1.69 bits per heavy atom. The number of hydrogen-bond acceptors (Lipinski definition) is 0. The van der Waals surface area contributed by atoms with Gasteiger partial charge in [0.2, 0.25) is 5.92 Å². The third kappa shape index (κ3) is 4.06. The van der Waals surface area contributed by atoms with Crippen molar-refractivity contribution in [2.75, 3.05) is 0 Å². The Balaban J connectivity index is 1.85. The molecule has 0 unspecified atom stereocenters. The number of hydrogen-bond donors (Lipinski definition) is 0. The standard InChI is InChI=1S/C11H20F2/c1-2-3-4-5-6-7-10-8-11(12,13)9-10/h10H,2-9H2,1H3. The third-order valence-corrected chi connectivity index (χ3v) is 2.89. The van der Waals surface area contributed by atoms with Crippen molar-refractivity contribution >= 4 is 0 Å². The lowest BCUT2D eigenvalue weighted by Gasteiger charge is -2.34. The normalized spacial score (nSPS) is 21.5. The zero-order chi connectivity index (χ0) is 9.73. The van der Waals surface area contributed by atoms with E-state index in [1.165, 1.54) is 25.7 Å². The van der Waals surface area contributed by atoms with Crippen LogP contribution >= 0.6 is 0 Å². The van der Waals surface area contributed by atoms with Gasteiger partial charge in [0, 0.05) is 12.8 Å². The van der Waals surface area contributed by atoms with Gasteiger partial charge in [0.1, 0.15) is 0 Å². The molecule has 0 aliphatic heterocycles. The number of rotatable bonds is 6. The molecular formula is C11H20F2. The van der Waals surface area contributed by atoms with Crippen molar-refractivity contribution in [1.82, 2.24) is 0 Å². The van der Waals surface area contributed by atoms with Crippen molar-refractivity contribution in [3.8, 4) is 0 Å². The van der Waals surface area contributed by atoms with Crippen LogP contribution in [0.1, 0.15) is 58.3 Å². The summed E-state index contributed by atoms with van der Waals surface area (Å²) >= 11 is 0. The molecule has 0 atom stereocenters. The second-order valence-electron chi connectivity index (χ2n) is 4.33. The van der Waals surface area contributed by atoms with Gasteiger partial charge in [-0.3, -0.25) is 0 Å². The molecule has 1 rings (SSSR count). The van der Waals surface area contributed by atoms with Gasteiger partial charge in [-0.15, -0.1) is 0 Å². The van der Waals surface area contributed by atoms with Crippen molar-refractivity contribution in [2.24, 2.45) is 5.92 Å². The molecule has 1 aliphatic carbocycles. The van der Waals surface area contributed by atoms with Crippen molar-refractivity contribution in [3.05, 3.63) is 0 Å². The van der Waals surface area contributed by atoms with E-state index < -0.39 is 5.92 Å². The molecule has 13 heavy (non-hydrogen) atoms. The molecule has 0 heterocycles. The Morgan fingerprint density at radius 1 is 1.08 bits per heavy atom. The molecule has 0 bridgehead atoms. The molecule has 0 radical (unpaired) electrons. The molecule has 0 aromatic rings. The van der Waals surface area contributed by atoms with E-state index in [0.717, 1.165) is 12.8 Å². The van der Waals surface area contributed by atoms with Crippen LogP contribution in [0.4, 0.5) is 8.78 Å². The molecule has 1 fully saturated rings. The summed E-state index contributed by atoms with van der Waals surface area (Å²) in [4.78, 5) is 0. The van der Waals surface area contributed by atoms with Gasteiger partial charge < -0.3 is 0 Å². The van der Waals surface area contributed by atoms with Crippen molar-refractivity contribution in [3.63, 3.8) is 0 Å². The molecule has 0 aromatic carbocycles. The molecule has 1 saturated carbocycles. The highest BCUT2D eigenvalue weighted by molar-refractivity contribution is 4.85. The quantitative estimate of drug-likeness (QED) is 0.545. The fraction of sp³-hybridized carbons (Fsp3) is 1.00. The Hall–Kier alpha value is -0.140. The van der Waals surface area contributed by atoms with Crippen LogP contribution in [-0.2, 0) is 0 Å². The van der Waals surface area contributed by atoms with Crippen LogP contribution in [0, 0.1) is 5.92 Å². The second kappa shape index (κ2) is 4.92. The molecule has 2 heteroatoms. The Labute approximate surface area is 79.7 Å². The predicted octanol–water partition coefficient (Wildman–Crippen LogP) is 4.39. The summed E-state index contributed by atoms with van der Waals surface area (Å²) in [6.07, 6.45) is 7.54. The van der Waals surface area contributed by atoms with Crippen LogP contribution in [0.3, 0.4) is 0 Å². The topological polar surface area (TPSA) is 0 Å². The van der Waals surface area contributed by atoms with Gasteiger partial charge in [0.05, 0.1) is 0 Å². The van der Waals surface area contributed by atoms with E-state index in [9.17, 15) is 8.78 Å². The van der Waals surface area contributed by atoms with Gasteiger partial charge in [-0.1, -0.05) is 45.4 Å². The minimum Gasteiger partial charge on any atom is -0.207 e. The average molecular weight is 190 g/mol. The summed E-state index contributed by atoms with van der Waals surface area (Å²) < 4.78 is 24.8. The molecule has 0 spiro atoms. The summed E-state index contributed by atoms with van der Waals surface area (Å²) in [5.41, 5.74) is 0. The zero-order valence-electron chi connectivity index (χ0n) is 8.49. The molecule has 0 amide bonds. The Bertz CT molecular complexity index is 135. The first-order valence-electron chi connectivity index (χ1n) is 5.52. The van der Waals surface area contributed by atoms with E-state index in [4.69, 9.17) is 0 Å². The molecule has 0 N–H and O–H groups in total. The maximum atomic E-state index is 12.4. The van der Waals surface area contributed by atoms with Crippen LogP contribution in [-0.4, -0.2) is 5.92 Å². The van der Waals surface area contributed by atoms with Crippen LogP contribution in [0.15, 0.2) is 0 Å². The van der Waals surface area contributed by atoms with Crippen LogP contribution < -0.4 is 0 Å². The monoisotopic (exact) mass is 190 g/mol. The van der Waals surface area contributed by atoms with Crippen LogP contribution in [0.25, 0.3) is 0 Å². The predicted molar refractivity (Wildman–Crippen MR) is 51.0 cm³/mol. The van der Waals surface area contributed by atoms with Crippen molar-refractivity contribution < 1.29 is 8.78 Å². The van der Waals surface area contributed by atoms with Gasteiger partial charge in [-0.25, -0.2) is 8.78 Å². The first kappa shape index (κ1) is 10.9. The number of unbranched alkanes of at least 4 members (excludes halogenated alkanes) is 4. The van der Waals surface area contributed by atoms with E-state index in [0.29, 0.717) is 5.92 Å². The fourth-order valence-electron chi connectivity index (χ4n) is 2.03. The highest BCUT2D eigenvalue weighted by Gasteiger charge is 2.44. The van der Waals surface area contributed by atoms with Crippen molar-refractivity contribution in [1.29, 1.82) is 0 Å². The second-order valence-corrected chi connectivity index (χ2v) is 4.33. The Kier molecular flexibility index (Phi) is 4.14. The van der Waals surface area contributed by atoms with Gasteiger partial charge in [0.25, 0.3) is 0 Å². The summed E-state index contributed by atoms with van der Waals surface area (Å²) in [5.74, 6) is -1.98. The maximum absolute atomic E-state index is 12.4. The lowest BCUT2D eigenvalue weighted by molar-refractivity contribution is -0.112. The highest BCUT2D eigenvalue weighted by atomic mass is 19.3. The summed E-state index contributed by atoms with van der Waals surface area (Å²) in [6, 6.07) is 0. The summed E-state index contributed by atoms with van der Waals surface area (Å²) in [7, 11) is 0. The minimum atomic E-state index is -2.31. The van der Waals surface area contributed by atoms with E-state index in [-0.39, 0.29) is 12.8 Å². The number of halogens is 2. The molecule has 1 aliphatic rings. The van der Waals surface area contributed by atoms with E-state index in [1.54, 1.807) is 0 Å². The fourth-order valence-corrected chi connectivity index (χ4v) is 2.03. The van der Waals surface area contributed by atoms with Crippen molar-refractivity contribution in [2.45, 2.75) is 64.2 Å². The van der Waals surface area contributed by atoms with Gasteiger partial charge in [-0.2, -0.15) is 0 Å². The van der Waals surface area contributed by atoms with Gasteiger partial charge in [0.15, 0.2) is 0 Å². The molecule has 0 aromatic heterocycles. The smallest absolute Gasteiger partial charge is 0.207 e. The first-order valence-corrected chi connectivity index (χ1v) is 5.52. The minimum absolute atomic E-state index is 0.154. The molecular weight excluding hydrogens is 170 g/mol. The Morgan fingerprint density at radius 3 is 2.23 bits per heavy atom. The number of alkyl halides is 2. The zero-order valence-corrected chi connectivity index (χ0v) is 8.49. The first-order chi connectivity index (χ1) is 6.14. The van der Waals surface area contributed by atoms with Gasteiger partial charge >= 0.3 is 0 Å². The summed E-state index contributed by atoms with van der Waals surface area (Å²) in [6.45, 7) is 2.19. The van der Waals surface area contributed by atoms with Crippen LogP contribution in [0.5, 0.6) is 0 Å². The molecule has 0 saturated heterocycles. The van der Waals surface area contributed by atoms with E-state index in [1.807, 2.05) is 0 Å². The van der Waals surface area contributed by atoms with Gasteiger partial charge in [-0.05, 0) is 5.92 Å². The SMILES string of the molecule is CCCCCCCC1CC(F)(F)C1. The lowest BCUT2D eigenvalue weighted by Crippen LogP contribution is -2.35. The van der Waals surface area contributed by atoms with Crippen LogP contribution in [0.2, 0.25) is 0 Å². The molecule has 0 nitrogen and oxygen atoms in total. The van der Waals surface area contributed by atoms with E-state index >= 15 is 0 Å². The molecule has 78 valence electrons. The van der Waals surface area contributed by atoms with E-state index in [2.05, 4.69) is 6.92 Å². The largest absolute Gasteiger partial charge is 0.248 e. The average Bonchev–Trinajstić information content (AvgIpc) is 2.00. The maximum Gasteiger partial charge on any atom is 0.248 e. The summed E-state index contributed by atoms with van der Waals surface area (Å²) in [5, 5.41) is 0. The lowest BCUT2D eigenvalue weighted by atomic mass is 9.78. The third-order valence-electron chi connectivity index (χ3n) is 2.89.